The van der Waals surface area contributed by atoms with E-state index in [4.69, 9.17) is 16.7 Å². The van der Waals surface area contributed by atoms with Crippen LogP contribution in [0.1, 0.15) is 12.0 Å². The van der Waals surface area contributed by atoms with Crippen molar-refractivity contribution in [2.45, 2.75) is 13.0 Å². The van der Waals surface area contributed by atoms with E-state index >= 15 is 0 Å². The SMILES string of the molecule is Cl.O=C(O)CCN1CCN(Cc2ccc(Cl)cc2)CC1. The molecule has 0 amide bonds. The van der Waals surface area contributed by atoms with Crippen LogP contribution in [0.25, 0.3) is 0 Å². The van der Waals surface area contributed by atoms with Gasteiger partial charge in [-0.1, -0.05) is 23.7 Å². The fourth-order valence-corrected chi connectivity index (χ4v) is 2.40. The number of carbonyl (C=O) groups is 1. The van der Waals surface area contributed by atoms with Gasteiger partial charge >= 0.3 is 5.97 Å². The summed E-state index contributed by atoms with van der Waals surface area (Å²) in [6, 6.07) is 7.94. The molecule has 112 valence electrons. The Labute approximate surface area is 130 Å². The quantitative estimate of drug-likeness (QED) is 0.905. The van der Waals surface area contributed by atoms with Gasteiger partial charge in [0.1, 0.15) is 0 Å². The third-order valence-corrected chi connectivity index (χ3v) is 3.68. The molecule has 2 rings (SSSR count). The van der Waals surface area contributed by atoms with Gasteiger partial charge in [-0.15, -0.1) is 12.4 Å². The molecule has 1 saturated heterocycles. The lowest BCUT2D eigenvalue weighted by atomic mass is 10.2. The molecule has 0 radical (unpaired) electrons. The van der Waals surface area contributed by atoms with Gasteiger partial charge in [0.2, 0.25) is 0 Å². The van der Waals surface area contributed by atoms with Gasteiger partial charge in [-0.05, 0) is 17.7 Å². The lowest BCUT2D eigenvalue weighted by molar-refractivity contribution is -0.137. The van der Waals surface area contributed by atoms with E-state index in [1.54, 1.807) is 0 Å². The lowest BCUT2D eigenvalue weighted by Gasteiger charge is -2.34. The Morgan fingerprint density at radius 3 is 2.20 bits per heavy atom. The highest BCUT2D eigenvalue weighted by molar-refractivity contribution is 6.30. The van der Waals surface area contributed by atoms with E-state index in [1.165, 1.54) is 5.56 Å². The molecule has 1 aliphatic heterocycles. The standard InChI is InChI=1S/C14H19ClN2O2.ClH/c15-13-3-1-12(2-4-13)11-17-9-7-16(8-10-17)6-5-14(18)19;/h1-4H,5-11H2,(H,18,19);1H. The van der Waals surface area contributed by atoms with Gasteiger partial charge in [-0.3, -0.25) is 9.69 Å². The van der Waals surface area contributed by atoms with Crippen molar-refractivity contribution in [2.75, 3.05) is 32.7 Å². The van der Waals surface area contributed by atoms with E-state index < -0.39 is 5.97 Å². The van der Waals surface area contributed by atoms with Crippen LogP contribution in [0.2, 0.25) is 5.02 Å². The zero-order chi connectivity index (χ0) is 13.7. The number of aliphatic carboxylic acids is 1. The first-order valence-corrected chi connectivity index (χ1v) is 6.92. The minimum Gasteiger partial charge on any atom is -0.481 e. The number of rotatable bonds is 5. The highest BCUT2D eigenvalue weighted by atomic mass is 35.5. The van der Waals surface area contributed by atoms with E-state index in [-0.39, 0.29) is 18.8 Å². The summed E-state index contributed by atoms with van der Waals surface area (Å²) < 4.78 is 0. The molecule has 1 aromatic rings. The smallest absolute Gasteiger partial charge is 0.304 e. The molecule has 1 aliphatic rings. The average Bonchev–Trinajstić information content (AvgIpc) is 2.40. The Morgan fingerprint density at radius 1 is 1.10 bits per heavy atom. The number of hydrogen-bond acceptors (Lipinski definition) is 3. The van der Waals surface area contributed by atoms with Gasteiger partial charge < -0.3 is 10.0 Å². The monoisotopic (exact) mass is 318 g/mol. The molecule has 1 aromatic carbocycles. The van der Waals surface area contributed by atoms with Crippen LogP contribution in [0, 0.1) is 0 Å². The molecule has 0 unspecified atom stereocenters. The molecular weight excluding hydrogens is 299 g/mol. The molecule has 20 heavy (non-hydrogen) atoms. The highest BCUT2D eigenvalue weighted by Crippen LogP contribution is 2.12. The van der Waals surface area contributed by atoms with Crippen LogP contribution in [0.4, 0.5) is 0 Å². The number of carboxylic acids is 1. The summed E-state index contributed by atoms with van der Waals surface area (Å²) in [6.45, 7) is 5.46. The normalized spacial score (nSPS) is 16.6. The Hall–Kier alpha value is -0.810. The Kier molecular flexibility index (Phi) is 7.30. The van der Waals surface area contributed by atoms with Crippen molar-refractivity contribution in [3.05, 3.63) is 34.9 Å². The maximum Gasteiger partial charge on any atom is 0.304 e. The number of piperazine rings is 1. The number of nitrogens with zero attached hydrogens (tertiary/aromatic N) is 2. The second-order valence-electron chi connectivity index (χ2n) is 4.89. The van der Waals surface area contributed by atoms with Crippen LogP contribution in [-0.2, 0) is 11.3 Å². The maximum absolute atomic E-state index is 10.5. The second-order valence-corrected chi connectivity index (χ2v) is 5.32. The van der Waals surface area contributed by atoms with Crippen molar-refractivity contribution in [1.29, 1.82) is 0 Å². The lowest BCUT2D eigenvalue weighted by Crippen LogP contribution is -2.46. The minimum absolute atomic E-state index is 0. The van der Waals surface area contributed by atoms with E-state index in [9.17, 15) is 4.79 Å². The minimum atomic E-state index is -0.719. The number of hydrogen-bond donors (Lipinski definition) is 1. The second kappa shape index (κ2) is 8.47. The van der Waals surface area contributed by atoms with Crippen LogP contribution in [0.5, 0.6) is 0 Å². The van der Waals surface area contributed by atoms with Crippen molar-refractivity contribution < 1.29 is 9.90 Å². The van der Waals surface area contributed by atoms with Gasteiger partial charge in [-0.2, -0.15) is 0 Å². The molecular formula is C14H20Cl2N2O2. The van der Waals surface area contributed by atoms with Gasteiger partial charge in [-0.25, -0.2) is 0 Å². The third kappa shape index (κ3) is 5.67. The molecule has 0 atom stereocenters. The molecule has 0 spiro atoms. The van der Waals surface area contributed by atoms with E-state index in [2.05, 4.69) is 21.9 Å². The summed E-state index contributed by atoms with van der Waals surface area (Å²) in [5, 5.41) is 9.43. The number of benzene rings is 1. The van der Waals surface area contributed by atoms with Crippen molar-refractivity contribution in [2.24, 2.45) is 0 Å². The fourth-order valence-electron chi connectivity index (χ4n) is 2.27. The fraction of sp³-hybridized carbons (Fsp3) is 0.500. The summed E-state index contributed by atoms with van der Waals surface area (Å²) >= 11 is 5.87. The molecule has 6 heteroatoms. The van der Waals surface area contributed by atoms with Crippen molar-refractivity contribution >= 4 is 30.0 Å². The van der Waals surface area contributed by atoms with Crippen LogP contribution in [0.15, 0.2) is 24.3 Å². The van der Waals surface area contributed by atoms with Crippen molar-refractivity contribution in [3.8, 4) is 0 Å². The Morgan fingerprint density at radius 2 is 1.65 bits per heavy atom. The predicted octanol–water partition coefficient (Wildman–Crippen LogP) is 2.35. The summed E-state index contributed by atoms with van der Waals surface area (Å²) in [4.78, 5) is 15.1. The summed E-state index contributed by atoms with van der Waals surface area (Å²) in [5.74, 6) is -0.719. The molecule has 1 N–H and O–H groups in total. The van der Waals surface area contributed by atoms with Crippen LogP contribution in [-0.4, -0.2) is 53.6 Å². The topological polar surface area (TPSA) is 43.8 Å². The van der Waals surface area contributed by atoms with Gasteiger partial charge in [0, 0.05) is 44.3 Å². The van der Waals surface area contributed by atoms with E-state index in [0.29, 0.717) is 6.54 Å². The van der Waals surface area contributed by atoms with Gasteiger partial charge in [0.05, 0.1) is 6.42 Å². The molecule has 0 bridgehead atoms. The Bertz CT molecular complexity index is 418. The third-order valence-electron chi connectivity index (χ3n) is 3.43. The summed E-state index contributed by atoms with van der Waals surface area (Å²) in [7, 11) is 0. The maximum atomic E-state index is 10.5. The van der Waals surface area contributed by atoms with Crippen molar-refractivity contribution in [1.82, 2.24) is 9.80 Å². The molecule has 0 aliphatic carbocycles. The zero-order valence-electron chi connectivity index (χ0n) is 11.3. The molecule has 1 heterocycles. The highest BCUT2D eigenvalue weighted by Gasteiger charge is 2.17. The van der Waals surface area contributed by atoms with E-state index in [0.717, 1.165) is 37.7 Å². The largest absolute Gasteiger partial charge is 0.481 e. The van der Waals surface area contributed by atoms with E-state index in [1.807, 2.05) is 12.1 Å². The van der Waals surface area contributed by atoms with Gasteiger partial charge in [0.15, 0.2) is 0 Å². The molecule has 0 saturated carbocycles. The number of carboxylic acid groups (broad SMARTS) is 1. The predicted molar refractivity (Wildman–Crippen MR) is 82.7 cm³/mol. The summed E-state index contributed by atoms with van der Waals surface area (Å²) in [5.41, 5.74) is 1.27. The molecule has 1 fully saturated rings. The molecule has 0 aromatic heterocycles. The summed E-state index contributed by atoms with van der Waals surface area (Å²) in [6.07, 6.45) is 0.233. The average molecular weight is 319 g/mol. The number of halogens is 2. The zero-order valence-corrected chi connectivity index (χ0v) is 12.9. The van der Waals surface area contributed by atoms with Gasteiger partial charge in [0.25, 0.3) is 0 Å². The van der Waals surface area contributed by atoms with Crippen molar-refractivity contribution in [3.63, 3.8) is 0 Å². The van der Waals surface area contributed by atoms with Crippen LogP contribution in [0.3, 0.4) is 0 Å². The first-order chi connectivity index (χ1) is 9.13. The van der Waals surface area contributed by atoms with Crippen LogP contribution < -0.4 is 0 Å². The molecule has 4 nitrogen and oxygen atoms in total. The first kappa shape index (κ1) is 17.2. The first-order valence-electron chi connectivity index (χ1n) is 6.54. The Balaban J connectivity index is 0.00000200. The van der Waals surface area contributed by atoms with Crippen LogP contribution >= 0.6 is 24.0 Å².